The van der Waals surface area contributed by atoms with E-state index in [1.165, 1.54) is 7.11 Å². The summed E-state index contributed by atoms with van der Waals surface area (Å²) in [4.78, 5) is 16.5. The minimum absolute atomic E-state index is 0.186. The average molecular weight is 350 g/mol. The van der Waals surface area contributed by atoms with Crippen molar-refractivity contribution in [3.8, 4) is 5.75 Å². The molecule has 0 spiro atoms. The Morgan fingerprint density at radius 1 is 1.08 bits per heavy atom. The van der Waals surface area contributed by atoms with Gasteiger partial charge in [-0.3, -0.25) is 9.78 Å². The number of carbonyl (C=O) groups excluding carboxylic acids is 1. The van der Waals surface area contributed by atoms with Gasteiger partial charge in [0.05, 0.1) is 26.2 Å². The summed E-state index contributed by atoms with van der Waals surface area (Å²) in [5.74, 6) is 0.544. The molecule has 5 nitrogen and oxygen atoms in total. The molecule has 0 radical (unpaired) electrons. The number of hydrogen-bond donors (Lipinski definition) is 1. The molecule has 0 saturated carbocycles. The van der Waals surface area contributed by atoms with Crippen LogP contribution in [-0.4, -0.2) is 25.2 Å². The number of carbonyl (C=O) groups is 1. The summed E-state index contributed by atoms with van der Waals surface area (Å²) in [6.45, 7) is 2.55. The number of hydrogen-bond acceptors (Lipinski definition) is 5. The van der Waals surface area contributed by atoms with Crippen LogP contribution in [-0.2, 0) is 22.5 Å². The summed E-state index contributed by atoms with van der Waals surface area (Å²) in [5, 5.41) is 4.48. The number of fused-ring (bicyclic) bond motifs is 1. The number of ether oxygens (including phenoxy) is 2. The van der Waals surface area contributed by atoms with Gasteiger partial charge in [-0.2, -0.15) is 0 Å². The Labute approximate surface area is 153 Å². The lowest BCUT2D eigenvalue weighted by Crippen LogP contribution is -2.11. The second-order valence-corrected chi connectivity index (χ2v) is 6.02. The maximum Gasteiger partial charge on any atom is 0.310 e. The Bertz CT molecular complexity index is 920. The van der Waals surface area contributed by atoms with E-state index < -0.39 is 0 Å². The molecule has 5 heteroatoms. The molecule has 1 aromatic heterocycles. The summed E-state index contributed by atoms with van der Waals surface area (Å²) in [5.41, 5.74) is 4.63. The van der Waals surface area contributed by atoms with Crippen molar-refractivity contribution in [1.29, 1.82) is 0 Å². The van der Waals surface area contributed by atoms with E-state index in [-0.39, 0.29) is 12.4 Å². The van der Waals surface area contributed by atoms with E-state index in [1.807, 2.05) is 55.5 Å². The van der Waals surface area contributed by atoms with Crippen LogP contribution < -0.4 is 10.1 Å². The molecule has 1 heterocycles. The second-order valence-electron chi connectivity index (χ2n) is 6.02. The minimum atomic E-state index is -0.280. The van der Waals surface area contributed by atoms with Crippen LogP contribution in [0.2, 0.25) is 0 Å². The highest BCUT2D eigenvalue weighted by Crippen LogP contribution is 2.29. The number of anilines is 1. The van der Waals surface area contributed by atoms with E-state index in [0.29, 0.717) is 6.54 Å². The molecule has 0 amide bonds. The van der Waals surface area contributed by atoms with Gasteiger partial charge in [0.25, 0.3) is 0 Å². The molecule has 0 unspecified atom stereocenters. The van der Waals surface area contributed by atoms with Gasteiger partial charge in [0.2, 0.25) is 0 Å². The number of benzene rings is 2. The highest BCUT2D eigenvalue weighted by atomic mass is 16.5. The molecule has 3 rings (SSSR count). The fourth-order valence-corrected chi connectivity index (χ4v) is 2.94. The number of rotatable bonds is 6. The number of pyridine rings is 1. The maximum absolute atomic E-state index is 11.9. The molecule has 0 aliphatic heterocycles. The zero-order valence-corrected chi connectivity index (χ0v) is 15.2. The molecule has 0 bridgehead atoms. The van der Waals surface area contributed by atoms with Crippen molar-refractivity contribution in [1.82, 2.24) is 4.98 Å². The van der Waals surface area contributed by atoms with Crippen molar-refractivity contribution in [2.24, 2.45) is 0 Å². The maximum atomic E-state index is 11.9. The van der Waals surface area contributed by atoms with Crippen molar-refractivity contribution in [2.45, 2.75) is 19.9 Å². The molecule has 0 aliphatic carbocycles. The number of para-hydroxylation sites is 1. The molecule has 0 atom stereocenters. The van der Waals surface area contributed by atoms with Gasteiger partial charge in [-0.1, -0.05) is 30.3 Å². The third kappa shape index (κ3) is 3.77. The predicted octanol–water partition coefficient (Wildman–Crippen LogP) is 3.88. The topological polar surface area (TPSA) is 60.5 Å². The van der Waals surface area contributed by atoms with E-state index in [1.54, 1.807) is 7.11 Å². The second kappa shape index (κ2) is 7.87. The van der Waals surface area contributed by atoms with Gasteiger partial charge in [0.15, 0.2) is 0 Å². The SMILES string of the molecule is COC(=O)Cc1c(C)nc2ccccc2c1NCc1ccc(OC)cc1. The molecular weight excluding hydrogens is 328 g/mol. The number of aromatic nitrogens is 1. The van der Waals surface area contributed by atoms with E-state index in [0.717, 1.165) is 39.2 Å². The third-order valence-electron chi connectivity index (χ3n) is 4.38. The fourth-order valence-electron chi connectivity index (χ4n) is 2.94. The Morgan fingerprint density at radius 2 is 1.81 bits per heavy atom. The summed E-state index contributed by atoms with van der Waals surface area (Å²) in [6.07, 6.45) is 0.186. The van der Waals surface area contributed by atoms with Crippen LogP contribution in [0, 0.1) is 6.92 Å². The summed E-state index contributed by atoms with van der Waals surface area (Å²) in [6, 6.07) is 15.8. The first-order chi connectivity index (χ1) is 12.6. The smallest absolute Gasteiger partial charge is 0.310 e. The van der Waals surface area contributed by atoms with Crippen molar-refractivity contribution >= 4 is 22.6 Å². The summed E-state index contributed by atoms with van der Waals surface area (Å²) < 4.78 is 10.1. The molecule has 0 aliphatic rings. The highest BCUT2D eigenvalue weighted by molar-refractivity contribution is 5.95. The van der Waals surface area contributed by atoms with Crippen molar-refractivity contribution in [3.05, 3.63) is 65.4 Å². The number of nitrogens with zero attached hydrogens (tertiary/aromatic N) is 1. The van der Waals surface area contributed by atoms with E-state index >= 15 is 0 Å². The van der Waals surface area contributed by atoms with Crippen molar-refractivity contribution in [2.75, 3.05) is 19.5 Å². The molecule has 26 heavy (non-hydrogen) atoms. The molecule has 134 valence electrons. The van der Waals surface area contributed by atoms with Crippen LogP contribution in [0.1, 0.15) is 16.8 Å². The van der Waals surface area contributed by atoms with Crippen LogP contribution in [0.15, 0.2) is 48.5 Å². The zero-order chi connectivity index (χ0) is 18.5. The molecule has 0 fully saturated rings. The summed E-state index contributed by atoms with van der Waals surface area (Å²) in [7, 11) is 3.05. The lowest BCUT2D eigenvalue weighted by Gasteiger charge is -2.17. The average Bonchev–Trinajstić information content (AvgIpc) is 2.68. The lowest BCUT2D eigenvalue weighted by atomic mass is 10.0. The standard InChI is InChI=1S/C21H22N2O3/c1-14-18(12-20(24)26-3)21(17-6-4-5-7-19(17)23-14)22-13-15-8-10-16(25-2)11-9-15/h4-11H,12-13H2,1-3H3,(H,22,23). The Morgan fingerprint density at radius 3 is 2.50 bits per heavy atom. The summed E-state index contributed by atoms with van der Waals surface area (Å²) >= 11 is 0. The number of aryl methyl sites for hydroxylation is 1. The third-order valence-corrected chi connectivity index (χ3v) is 4.38. The Kier molecular flexibility index (Phi) is 5.37. The number of esters is 1. The molecule has 1 N–H and O–H groups in total. The largest absolute Gasteiger partial charge is 0.497 e. The van der Waals surface area contributed by atoms with E-state index in [9.17, 15) is 4.79 Å². The minimum Gasteiger partial charge on any atom is -0.497 e. The van der Waals surface area contributed by atoms with Gasteiger partial charge in [-0.25, -0.2) is 0 Å². The van der Waals surface area contributed by atoms with Crippen LogP contribution in [0.4, 0.5) is 5.69 Å². The van der Waals surface area contributed by atoms with Gasteiger partial charge in [-0.15, -0.1) is 0 Å². The van der Waals surface area contributed by atoms with Crippen LogP contribution in [0.3, 0.4) is 0 Å². The highest BCUT2D eigenvalue weighted by Gasteiger charge is 2.16. The molecule has 2 aromatic carbocycles. The Hall–Kier alpha value is -3.08. The number of methoxy groups -OCH3 is 2. The Balaban J connectivity index is 1.97. The van der Waals surface area contributed by atoms with Crippen LogP contribution in [0.5, 0.6) is 5.75 Å². The van der Waals surface area contributed by atoms with Gasteiger partial charge in [0, 0.05) is 28.9 Å². The first-order valence-corrected chi connectivity index (χ1v) is 8.44. The van der Waals surface area contributed by atoms with Gasteiger partial charge < -0.3 is 14.8 Å². The van der Waals surface area contributed by atoms with Gasteiger partial charge >= 0.3 is 5.97 Å². The zero-order valence-electron chi connectivity index (χ0n) is 15.2. The van der Waals surface area contributed by atoms with Gasteiger partial charge in [-0.05, 0) is 30.7 Å². The molecular formula is C21H22N2O3. The normalized spacial score (nSPS) is 10.6. The van der Waals surface area contributed by atoms with E-state index in [2.05, 4.69) is 10.3 Å². The van der Waals surface area contributed by atoms with Crippen molar-refractivity contribution in [3.63, 3.8) is 0 Å². The predicted molar refractivity (Wildman–Crippen MR) is 103 cm³/mol. The monoisotopic (exact) mass is 350 g/mol. The van der Waals surface area contributed by atoms with Gasteiger partial charge in [0.1, 0.15) is 5.75 Å². The first kappa shape index (κ1) is 17.7. The van der Waals surface area contributed by atoms with Crippen LogP contribution in [0.25, 0.3) is 10.9 Å². The van der Waals surface area contributed by atoms with Crippen LogP contribution >= 0.6 is 0 Å². The molecule has 3 aromatic rings. The van der Waals surface area contributed by atoms with Crippen molar-refractivity contribution < 1.29 is 14.3 Å². The molecule has 0 saturated heterocycles. The first-order valence-electron chi connectivity index (χ1n) is 8.44. The number of nitrogens with one attached hydrogen (secondary N) is 1. The van der Waals surface area contributed by atoms with E-state index in [4.69, 9.17) is 9.47 Å². The quantitative estimate of drug-likeness (QED) is 0.684. The lowest BCUT2D eigenvalue weighted by molar-refractivity contribution is -0.139. The fraction of sp³-hybridized carbons (Fsp3) is 0.238.